The Labute approximate surface area is 201 Å². The Morgan fingerprint density at radius 1 is 1.06 bits per heavy atom. The normalized spacial score (nSPS) is 15.4. The highest BCUT2D eigenvalue weighted by atomic mass is 19.1. The maximum atomic E-state index is 15.0. The van der Waals surface area contributed by atoms with Gasteiger partial charge in [-0.1, -0.05) is 27.7 Å². The summed E-state index contributed by atoms with van der Waals surface area (Å²) in [5.74, 6) is -1.11. The second kappa shape index (κ2) is 8.62. The van der Waals surface area contributed by atoms with Gasteiger partial charge in [-0.05, 0) is 37.8 Å². The summed E-state index contributed by atoms with van der Waals surface area (Å²) >= 11 is 0. The molecule has 0 fully saturated rings. The largest absolute Gasteiger partial charge is 0.464 e. The van der Waals surface area contributed by atoms with Crippen molar-refractivity contribution in [3.05, 3.63) is 72.9 Å². The van der Waals surface area contributed by atoms with Gasteiger partial charge in [0.15, 0.2) is 0 Å². The number of furan rings is 1. The molecule has 2 heterocycles. The molecule has 0 spiro atoms. The van der Waals surface area contributed by atoms with Gasteiger partial charge in [-0.2, -0.15) is 0 Å². The monoisotopic (exact) mass is 485 g/mol. The molecule has 186 valence electrons. The van der Waals surface area contributed by atoms with Crippen LogP contribution in [0, 0.1) is 24.0 Å². The minimum atomic E-state index is -1.02. The van der Waals surface area contributed by atoms with Crippen molar-refractivity contribution in [2.75, 3.05) is 10.6 Å². The third kappa shape index (κ3) is 4.13. The maximum Gasteiger partial charge on any atom is 0.257 e. The Kier molecular flexibility index (Phi) is 6.07. The zero-order valence-electron chi connectivity index (χ0n) is 20.6. The quantitative estimate of drug-likeness (QED) is 0.449. The lowest BCUT2D eigenvalue weighted by Gasteiger charge is -2.31. The predicted octanol–water partition coefficient (Wildman–Crippen LogP) is 5.16. The van der Waals surface area contributed by atoms with Crippen molar-refractivity contribution in [3.8, 4) is 0 Å². The van der Waals surface area contributed by atoms with Gasteiger partial charge in [0, 0.05) is 17.7 Å². The van der Waals surface area contributed by atoms with Crippen LogP contribution in [0.1, 0.15) is 74.5 Å². The Morgan fingerprint density at radius 2 is 1.71 bits per heavy atom. The molecular weight excluding hydrogens is 456 g/mol. The summed E-state index contributed by atoms with van der Waals surface area (Å²) in [6.07, 6.45) is 0.638. The molecule has 9 heteroatoms. The molecule has 2 atom stereocenters. The van der Waals surface area contributed by atoms with Crippen molar-refractivity contribution in [1.29, 1.82) is 0 Å². The van der Waals surface area contributed by atoms with E-state index in [9.17, 15) is 23.2 Å². The number of aryl methyl sites for hydroxylation is 1. The number of amides is 1. The van der Waals surface area contributed by atoms with Crippen molar-refractivity contribution in [2.45, 2.75) is 66.6 Å². The first kappa shape index (κ1) is 24.6. The first-order valence-corrected chi connectivity index (χ1v) is 11.6. The fraction of sp³-hybridized carbons (Fsp3) is 0.423. The molecule has 1 aliphatic rings. The van der Waals surface area contributed by atoms with E-state index in [1.165, 1.54) is 4.90 Å². The number of benzene rings is 1. The average Bonchev–Trinajstić information content (AvgIpc) is 3.36. The minimum Gasteiger partial charge on any atom is -0.464 e. The van der Waals surface area contributed by atoms with Gasteiger partial charge in [0.05, 0.1) is 23.8 Å². The van der Waals surface area contributed by atoms with E-state index < -0.39 is 39.9 Å². The Morgan fingerprint density at radius 3 is 2.29 bits per heavy atom. The summed E-state index contributed by atoms with van der Waals surface area (Å²) in [6, 6.07) is 3.61. The van der Waals surface area contributed by atoms with E-state index >= 15 is 0 Å². The summed E-state index contributed by atoms with van der Waals surface area (Å²) in [4.78, 5) is 39.6. The third-order valence-electron chi connectivity index (χ3n) is 6.62. The number of carbonyl (C=O) groups excluding carboxylic acids is 1. The Balaban J connectivity index is 1.74. The highest BCUT2D eigenvalue weighted by molar-refractivity contribution is 6.05. The molecule has 7 nitrogen and oxygen atoms in total. The molecular formula is C26H29F2N3O4. The highest BCUT2D eigenvalue weighted by Crippen LogP contribution is 2.40. The number of fused-ring (bicyclic) bond motifs is 1. The molecule has 4 rings (SSSR count). The van der Waals surface area contributed by atoms with Crippen LogP contribution >= 0.6 is 0 Å². The van der Waals surface area contributed by atoms with E-state index in [1.807, 2.05) is 34.6 Å². The van der Waals surface area contributed by atoms with E-state index in [1.54, 1.807) is 19.1 Å². The van der Waals surface area contributed by atoms with Gasteiger partial charge in [0.1, 0.15) is 34.5 Å². The van der Waals surface area contributed by atoms with E-state index in [-0.39, 0.29) is 40.8 Å². The van der Waals surface area contributed by atoms with Crippen molar-refractivity contribution in [1.82, 2.24) is 4.90 Å². The molecule has 1 aromatic heterocycles. The molecule has 0 bridgehead atoms. The van der Waals surface area contributed by atoms with Crippen LogP contribution in [0.5, 0.6) is 0 Å². The number of anilines is 3. The fourth-order valence-electron chi connectivity index (χ4n) is 4.38. The van der Waals surface area contributed by atoms with Gasteiger partial charge in [0.2, 0.25) is 0 Å². The van der Waals surface area contributed by atoms with Gasteiger partial charge in [-0.25, -0.2) is 8.78 Å². The highest BCUT2D eigenvalue weighted by Gasteiger charge is 2.38. The predicted molar refractivity (Wildman–Crippen MR) is 130 cm³/mol. The van der Waals surface area contributed by atoms with Crippen LogP contribution in [0.3, 0.4) is 0 Å². The molecule has 0 radical (unpaired) electrons. The minimum absolute atomic E-state index is 0.00490. The zero-order chi connectivity index (χ0) is 25.8. The molecule has 0 saturated carbocycles. The lowest BCUT2D eigenvalue weighted by atomic mass is 9.85. The number of halogens is 2. The van der Waals surface area contributed by atoms with Gasteiger partial charge >= 0.3 is 0 Å². The number of hydrogen-bond acceptors (Lipinski definition) is 6. The van der Waals surface area contributed by atoms with Crippen LogP contribution in [0.2, 0.25) is 0 Å². The number of nitrogens with one attached hydrogen (secondary N) is 2. The van der Waals surface area contributed by atoms with Gasteiger partial charge < -0.3 is 20.0 Å². The lowest BCUT2D eigenvalue weighted by Crippen LogP contribution is -2.39. The molecule has 0 unspecified atom stereocenters. The van der Waals surface area contributed by atoms with Gasteiger partial charge in [-0.15, -0.1) is 0 Å². The molecule has 0 aliphatic carbocycles. The van der Waals surface area contributed by atoms with Crippen LogP contribution < -0.4 is 21.5 Å². The lowest BCUT2D eigenvalue weighted by molar-refractivity contribution is 0.0713. The molecule has 1 aliphatic heterocycles. The van der Waals surface area contributed by atoms with Crippen molar-refractivity contribution >= 4 is 23.0 Å². The van der Waals surface area contributed by atoms with Crippen LogP contribution in [0.15, 0.2) is 32.2 Å². The molecule has 35 heavy (non-hydrogen) atoms. The number of rotatable bonds is 7. The molecule has 1 amide bonds. The van der Waals surface area contributed by atoms with Crippen molar-refractivity contribution < 1.29 is 18.0 Å². The summed E-state index contributed by atoms with van der Waals surface area (Å²) in [5, 5.41) is 5.73. The van der Waals surface area contributed by atoms with Crippen LogP contribution in [-0.2, 0) is 6.54 Å². The average molecular weight is 486 g/mol. The van der Waals surface area contributed by atoms with E-state index in [0.29, 0.717) is 24.0 Å². The third-order valence-corrected chi connectivity index (χ3v) is 6.62. The second-order valence-electron chi connectivity index (χ2n) is 10.2. The van der Waals surface area contributed by atoms with E-state index in [4.69, 9.17) is 4.42 Å². The van der Waals surface area contributed by atoms with Gasteiger partial charge in [-0.3, -0.25) is 14.4 Å². The summed E-state index contributed by atoms with van der Waals surface area (Å²) in [5.41, 5.74) is -2.65. The first-order chi connectivity index (χ1) is 16.3. The number of carbonyl (C=O) groups is 1. The SMILES string of the molecule is CC[C@@H](C)N1Cc2c(F)cc(F)c(Nc3c(N[C@@H](c4ccc(C)o4)C(C)(C)C)c(=O)c3=O)c2C1=O. The smallest absolute Gasteiger partial charge is 0.257 e. The van der Waals surface area contributed by atoms with E-state index in [2.05, 4.69) is 10.6 Å². The zero-order valence-corrected chi connectivity index (χ0v) is 20.6. The Bertz CT molecular complexity index is 1380. The maximum absolute atomic E-state index is 15.0. The summed E-state index contributed by atoms with van der Waals surface area (Å²) in [7, 11) is 0. The van der Waals surface area contributed by atoms with Crippen molar-refractivity contribution in [2.24, 2.45) is 5.41 Å². The summed E-state index contributed by atoms with van der Waals surface area (Å²) < 4.78 is 35.3. The van der Waals surface area contributed by atoms with Gasteiger partial charge in [0.25, 0.3) is 16.8 Å². The molecule has 3 aromatic rings. The van der Waals surface area contributed by atoms with Crippen LogP contribution in [-0.4, -0.2) is 16.8 Å². The first-order valence-electron chi connectivity index (χ1n) is 11.6. The standard InChI is InChI=1S/C26H29F2N3O4/c1-7-12(2)31-11-14-15(27)10-16(28)19(18(14)25(31)34)29-20-21(23(33)22(20)32)30-24(26(4,5)6)17-9-8-13(3)35-17/h8-10,12,24,29-30H,7,11H2,1-6H3/t12-,24+/m1/s1. The van der Waals surface area contributed by atoms with Crippen LogP contribution in [0.25, 0.3) is 0 Å². The summed E-state index contributed by atoms with van der Waals surface area (Å²) in [6.45, 7) is 11.3. The molecule has 2 N–H and O–H groups in total. The number of nitrogens with zero attached hydrogens (tertiary/aromatic N) is 1. The number of hydrogen-bond donors (Lipinski definition) is 2. The second-order valence-corrected chi connectivity index (χ2v) is 10.2. The van der Waals surface area contributed by atoms with E-state index in [0.717, 1.165) is 0 Å². The fourth-order valence-corrected chi connectivity index (χ4v) is 4.38. The topological polar surface area (TPSA) is 91.7 Å². The molecule has 2 aromatic carbocycles. The van der Waals surface area contributed by atoms with Crippen molar-refractivity contribution in [3.63, 3.8) is 0 Å². The Hall–Kier alpha value is -3.49. The van der Waals surface area contributed by atoms with Crippen LogP contribution in [0.4, 0.5) is 25.8 Å². The molecule has 0 saturated heterocycles.